The van der Waals surface area contributed by atoms with E-state index in [4.69, 9.17) is 14.6 Å². The summed E-state index contributed by atoms with van der Waals surface area (Å²) in [6.45, 7) is 8.69. The van der Waals surface area contributed by atoms with Gasteiger partial charge in [-0.05, 0) is 13.8 Å². The van der Waals surface area contributed by atoms with Crippen molar-refractivity contribution in [1.82, 2.24) is 0 Å². The fraction of sp³-hybridized carbons (Fsp3) is 0.733. The zero-order chi connectivity index (χ0) is 16.5. The van der Waals surface area contributed by atoms with Crippen LogP contribution in [0.3, 0.4) is 0 Å². The average molecular weight is 300 g/mol. The van der Waals surface area contributed by atoms with E-state index in [1.165, 1.54) is 6.08 Å². The van der Waals surface area contributed by atoms with Crippen LogP contribution in [0.5, 0.6) is 0 Å². The van der Waals surface area contributed by atoms with Crippen molar-refractivity contribution in [1.29, 1.82) is 0 Å². The lowest BCUT2D eigenvalue weighted by atomic mass is 9.93. The molecule has 0 bridgehead atoms. The van der Waals surface area contributed by atoms with Crippen molar-refractivity contribution in [2.45, 2.75) is 65.0 Å². The lowest BCUT2D eigenvalue weighted by Gasteiger charge is -2.27. The van der Waals surface area contributed by atoms with E-state index in [-0.39, 0.29) is 6.42 Å². The number of carboxylic acid groups (broad SMARTS) is 1. The summed E-state index contributed by atoms with van der Waals surface area (Å²) in [7, 11) is 0. The number of cyclic esters (lactones) is 1. The summed E-state index contributed by atoms with van der Waals surface area (Å²) in [6.07, 6.45) is 1.82. The van der Waals surface area contributed by atoms with Gasteiger partial charge in [-0.25, -0.2) is 4.79 Å². The molecule has 1 aliphatic heterocycles. The molecule has 0 amide bonds. The SMILES string of the molecule is CC(C)(O)/C=C/C[C@]1(CC(=O)O)O[C@@H](C(C)(C)C)OC1=O. The molecule has 21 heavy (non-hydrogen) atoms. The van der Waals surface area contributed by atoms with Crippen molar-refractivity contribution in [3.05, 3.63) is 12.2 Å². The van der Waals surface area contributed by atoms with E-state index >= 15 is 0 Å². The summed E-state index contributed by atoms with van der Waals surface area (Å²) in [5.74, 6) is -1.82. The van der Waals surface area contributed by atoms with Crippen LogP contribution in [0.2, 0.25) is 0 Å². The molecule has 120 valence electrons. The van der Waals surface area contributed by atoms with Gasteiger partial charge in [0.05, 0.1) is 12.0 Å². The fourth-order valence-corrected chi connectivity index (χ4v) is 1.93. The Kier molecular flexibility index (Phi) is 4.85. The van der Waals surface area contributed by atoms with E-state index in [0.29, 0.717) is 0 Å². The van der Waals surface area contributed by atoms with Crippen LogP contribution >= 0.6 is 0 Å². The number of hydrogen-bond donors (Lipinski definition) is 2. The summed E-state index contributed by atoms with van der Waals surface area (Å²) in [6, 6.07) is 0. The summed E-state index contributed by atoms with van der Waals surface area (Å²) in [5.41, 5.74) is -3.03. The maximum atomic E-state index is 12.1. The van der Waals surface area contributed by atoms with Gasteiger partial charge in [-0.15, -0.1) is 0 Å². The number of carbonyl (C=O) groups excluding carboxylic acids is 1. The first-order valence-electron chi connectivity index (χ1n) is 6.86. The molecular weight excluding hydrogens is 276 g/mol. The highest BCUT2D eigenvalue weighted by atomic mass is 16.8. The van der Waals surface area contributed by atoms with Crippen LogP contribution < -0.4 is 0 Å². The summed E-state index contributed by atoms with van der Waals surface area (Å²) >= 11 is 0. The Bertz CT molecular complexity index is 440. The first-order valence-corrected chi connectivity index (χ1v) is 6.86. The highest BCUT2D eigenvalue weighted by Crippen LogP contribution is 2.39. The van der Waals surface area contributed by atoms with Gasteiger partial charge in [0.2, 0.25) is 6.29 Å². The van der Waals surface area contributed by atoms with Crippen LogP contribution in [0, 0.1) is 5.41 Å². The summed E-state index contributed by atoms with van der Waals surface area (Å²) < 4.78 is 10.9. The van der Waals surface area contributed by atoms with Crippen LogP contribution in [0.4, 0.5) is 0 Å². The van der Waals surface area contributed by atoms with Gasteiger partial charge in [-0.1, -0.05) is 32.9 Å². The first-order chi connectivity index (χ1) is 9.36. The molecule has 0 unspecified atom stereocenters. The quantitative estimate of drug-likeness (QED) is 0.594. The monoisotopic (exact) mass is 300 g/mol. The minimum Gasteiger partial charge on any atom is -0.481 e. The number of ether oxygens (including phenoxy) is 2. The molecule has 2 N–H and O–H groups in total. The largest absolute Gasteiger partial charge is 0.481 e. The first kappa shape index (κ1) is 17.7. The molecule has 6 nitrogen and oxygen atoms in total. The third-order valence-electron chi connectivity index (χ3n) is 3.04. The Morgan fingerprint density at radius 2 is 1.90 bits per heavy atom. The van der Waals surface area contributed by atoms with Crippen molar-refractivity contribution in [3.8, 4) is 0 Å². The van der Waals surface area contributed by atoms with Crippen molar-refractivity contribution < 1.29 is 29.3 Å². The third kappa shape index (κ3) is 4.82. The number of esters is 1. The zero-order valence-electron chi connectivity index (χ0n) is 13.2. The molecule has 0 spiro atoms. The minimum absolute atomic E-state index is 0.0364. The van der Waals surface area contributed by atoms with Crippen LogP contribution in [-0.4, -0.2) is 39.6 Å². The third-order valence-corrected chi connectivity index (χ3v) is 3.04. The Morgan fingerprint density at radius 1 is 1.33 bits per heavy atom. The summed E-state index contributed by atoms with van der Waals surface area (Å²) in [5, 5.41) is 18.7. The Hall–Kier alpha value is -1.40. The van der Waals surface area contributed by atoms with E-state index < -0.39 is 41.3 Å². The van der Waals surface area contributed by atoms with Crippen molar-refractivity contribution in [2.75, 3.05) is 0 Å². The highest BCUT2D eigenvalue weighted by molar-refractivity contribution is 5.86. The maximum Gasteiger partial charge on any atom is 0.341 e. The van der Waals surface area contributed by atoms with Crippen LogP contribution in [-0.2, 0) is 19.1 Å². The van der Waals surface area contributed by atoms with E-state index in [9.17, 15) is 14.7 Å². The molecule has 1 fully saturated rings. The predicted octanol–water partition coefficient (Wildman–Crippen LogP) is 1.86. The molecule has 0 aromatic rings. The molecule has 2 atom stereocenters. The minimum atomic E-state index is -1.54. The van der Waals surface area contributed by atoms with Gasteiger partial charge < -0.3 is 19.7 Å². The highest BCUT2D eigenvalue weighted by Gasteiger charge is 2.54. The number of rotatable bonds is 5. The molecule has 1 saturated heterocycles. The van der Waals surface area contributed by atoms with Crippen molar-refractivity contribution in [3.63, 3.8) is 0 Å². The standard InChI is InChI=1S/C15H24O6/c1-13(2,3)12-20-11(18)15(21-12,9-10(16)17)8-6-7-14(4,5)19/h6-7,12,19H,8-9H2,1-5H3,(H,16,17)/b7-6+/t12-,15+/m0/s1. The average Bonchev–Trinajstić information content (AvgIpc) is 2.53. The lowest BCUT2D eigenvalue weighted by molar-refractivity contribution is -0.159. The Labute approximate surface area is 124 Å². The lowest BCUT2D eigenvalue weighted by Crippen LogP contribution is -2.39. The molecule has 1 aliphatic rings. The molecular formula is C15H24O6. The number of aliphatic hydroxyl groups is 1. The number of carbonyl (C=O) groups is 2. The van der Waals surface area contributed by atoms with Crippen molar-refractivity contribution in [2.24, 2.45) is 5.41 Å². The topological polar surface area (TPSA) is 93.1 Å². The normalized spacial score (nSPS) is 27.1. The molecule has 0 radical (unpaired) electrons. The molecule has 6 heteroatoms. The van der Waals surface area contributed by atoms with E-state index in [1.807, 2.05) is 20.8 Å². The van der Waals surface area contributed by atoms with Gasteiger partial charge in [0.1, 0.15) is 0 Å². The van der Waals surface area contributed by atoms with Crippen LogP contribution in [0.25, 0.3) is 0 Å². The Balaban J connectivity index is 2.98. The van der Waals surface area contributed by atoms with E-state index in [1.54, 1.807) is 19.9 Å². The van der Waals surface area contributed by atoms with Gasteiger partial charge in [-0.2, -0.15) is 0 Å². The second-order valence-electron chi connectivity index (χ2n) is 7.05. The van der Waals surface area contributed by atoms with E-state index in [2.05, 4.69) is 0 Å². The maximum absolute atomic E-state index is 12.1. The number of hydrogen-bond acceptors (Lipinski definition) is 5. The summed E-state index contributed by atoms with van der Waals surface area (Å²) in [4.78, 5) is 23.2. The fourth-order valence-electron chi connectivity index (χ4n) is 1.93. The van der Waals surface area contributed by atoms with Crippen molar-refractivity contribution >= 4 is 11.9 Å². The van der Waals surface area contributed by atoms with Crippen LogP contribution in [0.15, 0.2) is 12.2 Å². The van der Waals surface area contributed by atoms with Gasteiger partial charge >= 0.3 is 11.9 Å². The predicted molar refractivity (Wildman–Crippen MR) is 75.5 cm³/mol. The smallest absolute Gasteiger partial charge is 0.341 e. The van der Waals surface area contributed by atoms with Gasteiger partial charge in [-0.3, -0.25) is 4.79 Å². The van der Waals surface area contributed by atoms with Gasteiger partial charge in [0.15, 0.2) is 5.60 Å². The van der Waals surface area contributed by atoms with Gasteiger partial charge in [0, 0.05) is 11.8 Å². The molecule has 1 rings (SSSR count). The molecule has 0 aromatic carbocycles. The second kappa shape index (κ2) is 5.77. The van der Waals surface area contributed by atoms with Gasteiger partial charge in [0.25, 0.3) is 0 Å². The van der Waals surface area contributed by atoms with E-state index in [0.717, 1.165) is 0 Å². The number of aliphatic carboxylic acids is 1. The number of carboxylic acids is 1. The molecule has 0 aromatic heterocycles. The molecule has 0 saturated carbocycles. The second-order valence-corrected chi connectivity index (χ2v) is 7.05. The molecule has 0 aliphatic carbocycles. The molecule has 1 heterocycles. The van der Waals surface area contributed by atoms with Crippen LogP contribution in [0.1, 0.15) is 47.5 Å². The Morgan fingerprint density at radius 3 is 2.29 bits per heavy atom. The zero-order valence-corrected chi connectivity index (χ0v) is 13.2.